The van der Waals surface area contributed by atoms with E-state index >= 15 is 0 Å². The average molecular weight is 374 g/mol. The lowest BCUT2D eigenvalue weighted by Crippen LogP contribution is -2.25. The number of benzene rings is 2. The van der Waals surface area contributed by atoms with Crippen LogP contribution in [-0.4, -0.2) is 27.6 Å². The number of hydrogen-bond acceptors (Lipinski definition) is 4. The number of rotatable bonds is 7. The van der Waals surface area contributed by atoms with E-state index in [-0.39, 0.29) is 5.91 Å². The molecule has 0 radical (unpaired) electrons. The van der Waals surface area contributed by atoms with Crippen molar-refractivity contribution in [2.24, 2.45) is 0 Å². The van der Waals surface area contributed by atoms with Crippen molar-refractivity contribution in [1.82, 2.24) is 20.4 Å². The van der Waals surface area contributed by atoms with Gasteiger partial charge in [0.1, 0.15) is 0 Å². The molecule has 28 heavy (non-hydrogen) atoms. The third-order valence-corrected chi connectivity index (χ3v) is 4.70. The van der Waals surface area contributed by atoms with Gasteiger partial charge < -0.3 is 14.8 Å². The maximum atomic E-state index is 12.1. The minimum absolute atomic E-state index is 0.0184. The second-order valence-electron chi connectivity index (χ2n) is 6.84. The van der Waals surface area contributed by atoms with Gasteiger partial charge in [-0.2, -0.15) is 4.98 Å². The van der Waals surface area contributed by atoms with Crippen LogP contribution < -0.4 is 5.32 Å². The lowest BCUT2D eigenvalue weighted by molar-refractivity contribution is -0.121. The molecule has 6 nitrogen and oxygen atoms in total. The number of aromatic nitrogens is 3. The van der Waals surface area contributed by atoms with Crippen LogP contribution in [0.1, 0.15) is 23.4 Å². The summed E-state index contributed by atoms with van der Waals surface area (Å²) in [5.41, 5.74) is 4.37. The van der Waals surface area contributed by atoms with Crippen molar-refractivity contribution in [3.05, 3.63) is 71.7 Å². The van der Waals surface area contributed by atoms with Gasteiger partial charge in [-0.05, 0) is 31.0 Å². The van der Waals surface area contributed by atoms with E-state index in [0.717, 1.165) is 23.1 Å². The highest BCUT2D eigenvalue weighted by atomic mass is 16.5. The highest BCUT2D eigenvalue weighted by molar-refractivity contribution is 5.83. The first-order chi connectivity index (χ1) is 13.7. The van der Waals surface area contributed by atoms with E-state index in [9.17, 15) is 4.79 Å². The van der Waals surface area contributed by atoms with Crippen molar-refractivity contribution in [3.63, 3.8) is 0 Å². The van der Waals surface area contributed by atoms with Crippen LogP contribution in [-0.2, 0) is 17.6 Å². The van der Waals surface area contributed by atoms with E-state index < -0.39 is 0 Å². The van der Waals surface area contributed by atoms with E-state index in [1.807, 2.05) is 55.6 Å². The number of para-hydroxylation sites is 1. The van der Waals surface area contributed by atoms with Crippen molar-refractivity contribution in [2.45, 2.75) is 26.2 Å². The Morgan fingerprint density at radius 3 is 2.93 bits per heavy atom. The fourth-order valence-corrected chi connectivity index (χ4v) is 3.24. The number of aromatic amines is 1. The summed E-state index contributed by atoms with van der Waals surface area (Å²) in [6.45, 7) is 2.62. The standard InChI is InChI=1S/C22H22N4O2/c1-15-5-4-6-16(13-15)22-25-21(28-26-22)10-9-20(27)23-12-11-17-14-24-19-8-3-2-7-18(17)19/h2-8,13-14,24H,9-12H2,1H3,(H,23,27). The molecule has 2 heterocycles. The molecule has 0 saturated heterocycles. The topological polar surface area (TPSA) is 83.8 Å². The van der Waals surface area contributed by atoms with Gasteiger partial charge in [0.15, 0.2) is 0 Å². The quantitative estimate of drug-likeness (QED) is 0.515. The van der Waals surface area contributed by atoms with Gasteiger partial charge in [-0.3, -0.25) is 4.79 Å². The smallest absolute Gasteiger partial charge is 0.227 e. The summed E-state index contributed by atoms with van der Waals surface area (Å²) in [6, 6.07) is 16.1. The van der Waals surface area contributed by atoms with Crippen molar-refractivity contribution >= 4 is 16.8 Å². The SMILES string of the molecule is Cc1cccc(-c2noc(CCC(=O)NCCc3c[nH]c4ccccc34)n2)c1. The fraction of sp³-hybridized carbons (Fsp3) is 0.227. The summed E-state index contributed by atoms with van der Waals surface area (Å²) in [5.74, 6) is 1.01. The van der Waals surface area contributed by atoms with Crippen LogP contribution in [0, 0.1) is 6.92 Å². The second kappa shape index (κ2) is 8.08. The zero-order valence-electron chi connectivity index (χ0n) is 15.7. The number of nitrogens with zero attached hydrogens (tertiary/aromatic N) is 2. The van der Waals surface area contributed by atoms with Gasteiger partial charge >= 0.3 is 0 Å². The van der Waals surface area contributed by atoms with E-state index in [4.69, 9.17) is 4.52 Å². The number of fused-ring (bicyclic) bond motifs is 1. The average Bonchev–Trinajstić information content (AvgIpc) is 3.34. The van der Waals surface area contributed by atoms with Gasteiger partial charge in [0.2, 0.25) is 17.6 Å². The van der Waals surface area contributed by atoms with Crippen molar-refractivity contribution in [1.29, 1.82) is 0 Å². The fourth-order valence-electron chi connectivity index (χ4n) is 3.24. The van der Waals surface area contributed by atoms with E-state index in [0.29, 0.717) is 31.1 Å². The van der Waals surface area contributed by atoms with E-state index in [1.54, 1.807) is 0 Å². The molecule has 0 aliphatic heterocycles. The zero-order valence-corrected chi connectivity index (χ0v) is 15.7. The summed E-state index contributed by atoms with van der Waals surface area (Å²) in [5, 5.41) is 8.17. The highest BCUT2D eigenvalue weighted by Gasteiger charge is 2.11. The summed E-state index contributed by atoms with van der Waals surface area (Å²) >= 11 is 0. The predicted molar refractivity (Wildman–Crippen MR) is 108 cm³/mol. The molecule has 0 fully saturated rings. The number of aryl methyl sites for hydroxylation is 2. The van der Waals surface area contributed by atoms with Crippen molar-refractivity contribution in [3.8, 4) is 11.4 Å². The summed E-state index contributed by atoms with van der Waals surface area (Å²) < 4.78 is 5.28. The zero-order chi connectivity index (χ0) is 19.3. The van der Waals surface area contributed by atoms with Crippen LogP contribution in [0.2, 0.25) is 0 Å². The minimum Gasteiger partial charge on any atom is -0.361 e. The molecule has 4 rings (SSSR count). The Morgan fingerprint density at radius 1 is 1.14 bits per heavy atom. The molecule has 0 saturated carbocycles. The molecule has 2 aromatic carbocycles. The molecule has 2 aromatic heterocycles. The number of H-pyrrole nitrogens is 1. The number of nitrogens with one attached hydrogen (secondary N) is 2. The Bertz CT molecular complexity index is 1100. The monoisotopic (exact) mass is 374 g/mol. The van der Waals surface area contributed by atoms with Gasteiger partial charge in [0, 0.05) is 42.0 Å². The number of hydrogen-bond donors (Lipinski definition) is 2. The molecule has 0 unspecified atom stereocenters. The van der Waals surface area contributed by atoms with Crippen LogP contribution >= 0.6 is 0 Å². The Labute approximate surface area is 163 Å². The first-order valence-corrected chi connectivity index (χ1v) is 9.40. The van der Waals surface area contributed by atoms with Crippen LogP contribution in [0.4, 0.5) is 0 Å². The highest BCUT2D eigenvalue weighted by Crippen LogP contribution is 2.18. The summed E-state index contributed by atoms with van der Waals surface area (Å²) in [4.78, 5) is 19.8. The first kappa shape index (κ1) is 18.0. The maximum absolute atomic E-state index is 12.1. The molecule has 0 atom stereocenters. The molecule has 0 spiro atoms. The lowest BCUT2D eigenvalue weighted by atomic mass is 10.1. The van der Waals surface area contributed by atoms with Gasteiger partial charge in [-0.1, -0.05) is 47.1 Å². The first-order valence-electron chi connectivity index (χ1n) is 9.40. The number of carbonyl (C=O) groups excluding carboxylic acids is 1. The van der Waals surface area contributed by atoms with Crippen LogP contribution in [0.5, 0.6) is 0 Å². The Hall–Kier alpha value is -3.41. The largest absolute Gasteiger partial charge is 0.361 e. The molecule has 142 valence electrons. The normalized spacial score (nSPS) is 11.0. The third-order valence-electron chi connectivity index (χ3n) is 4.70. The second-order valence-corrected chi connectivity index (χ2v) is 6.84. The molecular weight excluding hydrogens is 352 g/mol. The number of amides is 1. The molecule has 6 heteroatoms. The van der Waals surface area contributed by atoms with Gasteiger partial charge in [0.05, 0.1) is 0 Å². The lowest BCUT2D eigenvalue weighted by Gasteiger charge is -2.03. The third kappa shape index (κ3) is 4.11. The molecular formula is C22H22N4O2. The van der Waals surface area contributed by atoms with E-state index in [2.05, 4.69) is 26.5 Å². The molecule has 2 N–H and O–H groups in total. The minimum atomic E-state index is -0.0184. The van der Waals surface area contributed by atoms with E-state index in [1.165, 1.54) is 10.9 Å². The van der Waals surface area contributed by atoms with Gasteiger partial charge in [-0.15, -0.1) is 0 Å². The Balaban J connectivity index is 1.26. The predicted octanol–water partition coefficient (Wildman–Crippen LogP) is 3.82. The summed E-state index contributed by atoms with van der Waals surface area (Å²) in [7, 11) is 0. The molecule has 0 aliphatic carbocycles. The Morgan fingerprint density at radius 2 is 2.04 bits per heavy atom. The molecule has 0 aliphatic rings. The molecule has 4 aromatic rings. The van der Waals surface area contributed by atoms with Crippen LogP contribution in [0.3, 0.4) is 0 Å². The van der Waals surface area contributed by atoms with Gasteiger partial charge in [0.25, 0.3) is 0 Å². The van der Waals surface area contributed by atoms with Crippen LogP contribution in [0.25, 0.3) is 22.3 Å². The van der Waals surface area contributed by atoms with Crippen molar-refractivity contribution in [2.75, 3.05) is 6.54 Å². The molecule has 1 amide bonds. The van der Waals surface area contributed by atoms with Gasteiger partial charge in [-0.25, -0.2) is 0 Å². The molecule has 0 bridgehead atoms. The van der Waals surface area contributed by atoms with Crippen molar-refractivity contribution < 1.29 is 9.32 Å². The van der Waals surface area contributed by atoms with Crippen LogP contribution in [0.15, 0.2) is 59.3 Å². The number of carbonyl (C=O) groups is 1. The Kier molecular flexibility index (Phi) is 5.19. The summed E-state index contributed by atoms with van der Waals surface area (Å²) in [6.07, 6.45) is 3.54. The maximum Gasteiger partial charge on any atom is 0.227 e.